The van der Waals surface area contributed by atoms with Crippen LogP contribution in [0.15, 0.2) is 54.7 Å². The Morgan fingerprint density at radius 2 is 1.68 bits per heavy atom. The first-order valence-electron chi connectivity index (χ1n) is 10.3. The molecule has 0 radical (unpaired) electrons. The number of nitrogens with zero attached hydrogens (tertiary/aromatic N) is 3. The van der Waals surface area contributed by atoms with E-state index in [2.05, 4.69) is 71.5 Å². The summed E-state index contributed by atoms with van der Waals surface area (Å²) < 4.78 is 0. The fourth-order valence-electron chi connectivity index (χ4n) is 3.02. The Morgan fingerprint density at radius 3 is 2.39 bits per heavy atom. The smallest absolute Gasteiger partial charge is 0.227 e. The average Bonchev–Trinajstić information content (AvgIpc) is 3.22. The third-order valence-corrected chi connectivity index (χ3v) is 5.79. The van der Waals surface area contributed by atoms with Gasteiger partial charge in [-0.3, -0.25) is 0 Å². The van der Waals surface area contributed by atoms with E-state index in [4.69, 9.17) is 4.98 Å². The van der Waals surface area contributed by atoms with E-state index in [0.717, 1.165) is 31.4 Å². The summed E-state index contributed by atoms with van der Waals surface area (Å²) in [6.07, 6.45) is 6.56. The lowest BCUT2D eigenvalue weighted by molar-refractivity contribution is 0.663. The molecule has 2 aromatic heterocycles. The Balaban J connectivity index is 1.63. The normalized spacial score (nSPS) is 10.8. The van der Waals surface area contributed by atoms with Crippen molar-refractivity contribution in [1.29, 1.82) is 0 Å². The maximum atomic E-state index is 4.77. The minimum absolute atomic E-state index is 0.776. The van der Waals surface area contributed by atoms with Crippen LogP contribution >= 0.6 is 11.3 Å². The molecule has 0 aliphatic rings. The Hall–Kier alpha value is -2.40. The molecule has 148 valence electrons. The molecule has 0 spiro atoms. The topological polar surface area (TPSA) is 41.1 Å². The zero-order valence-electron chi connectivity index (χ0n) is 16.9. The molecule has 0 saturated carbocycles. The fourth-order valence-corrected chi connectivity index (χ4v) is 3.97. The van der Waals surface area contributed by atoms with Crippen LogP contribution in [0, 0.1) is 0 Å². The first kappa shape index (κ1) is 20.3. The molecule has 0 aliphatic heterocycles. The number of unbranched alkanes of at least 4 members (excludes halogenated alkanes) is 2. The summed E-state index contributed by atoms with van der Waals surface area (Å²) in [6.45, 7) is 7.26. The minimum Gasteiger partial charge on any atom is -0.365 e. The van der Waals surface area contributed by atoms with E-state index in [-0.39, 0.29) is 0 Å². The summed E-state index contributed by atoms with van der Waals surface area (Å²) in [5.41, 5.74) is 1.27. The van der Waals surface area contributed by atoms with Gasteiger partial charge in [0, 0.05) is 29.0 Å². The van der Waals surface area contributed by atoms with Crippen molar-refractivity contribution in [3.63, 3.8) is 0 Å². The maximum absolute atomic E-state index is 4.77. The van der Waals surface area contributed by atoms with Gasteiger partial charge in [0.25, 0.3) is 0 Å². The van der Waals surface area contributed by atoms with Gasteiger partial charge < -0.3 is 10.2 Å². The number of hydrogen-bond donors (Lipinski definition) is 1. The van der Waals surface area contributed by atoms with Crippen LogP contribution in [-0.4, -0.2) is 23.1 Å². The summed E-state index contributed by atoms with van der Waals surface area (Å²) in [5, 5.41) is 3.47. The molecule has 5 heteroatoms. The van der Waals surface area contributed by atoms with Gasteiger partial charge in [-0.25, -0.2) is 4.98 Å². The predicted octanol–water partition coefficient (Wildman–Crippen LogP) is 6.22. The van der Waals surface area contributed by atoms with Gasteiger partial charge in [-0.2, -0.15) is 4.98 Å². The Bertz CT molecular complexity index is 823. The van der Waals surface area contributed by atoms with Gasteiger partial charge in [0.15, 0.2) is 0 Å². The van der Waals surface area contributed by atoms with Crippen LogP contribution in [0.2, 0.25) is 0 Å². The molecule has 4 nitrogen and oxygen atoms in total. The largest absolute Gasteiger partial charge is 0.365 e. The molecule has 0 unspecified atom stereocenters. The highest BCUT2D eigenvalue weighted by Gasteiger charge is 2.10. The van der Waals surface area contributed by atoms with Crippen molar-refractivity contribution >= 4 is 23.1 Å². The lowest BCUT2D eigenvalue weighted by Crippen LogP contribution is -2.27. The molecule has 1 aromatic carbocycles. The van der Waals surface area contributed by atoms with Crippen LogP contribution in [0.1, 0.15) is 44.4 Å². The molecular weight excluding hydrogens is 364 g/mol. The molecule has 3 aromatic rings. The predicted molar refractivity (Wildman–Crippen MR) is 121 cm³/mol. The lowest BCUT2D eigenvalue weighted by atomic mass is 10.2. The zero-order chi connectivity index (χ0) is 19.6. The zero-order valence-corrected chi connectivity index (χ0v) is 17.7. The highest BCUT2D eigenvalue weighted by Crippen LogP contribution is 2.28. The molecule has 28 heavy (non-hydrogen) atoms. The quantitative estimate of drug-likeness (QED) is 0.419. The third kappa shape index (κ3) is 5.80. The lowest BCUT2D eigenvalue weighted by Gasteiger charge is -2.22. The Kier molecular flexibility index (Phi) is 7.85. The Labute approximate surface area is 172 Å². The van der Waals surface area contributed by atoms with Crippen molar-refractivity contribution in [2.45, 2.75) is 46.1 Å². The van der Waals surface area contributed by atoms with Gasteiger partial charge >= 0.3 is 0 Å². The maximum Gasteiger partial charge on any atom is 0.227 e. The van der Waals surface area contributed by atoms with E-state index >= 15 is 0 Å². The second-order valence-electron chi connectivity index (χ2n) is 6.92. The van der Waals surface area contributed by atoms with Gasteiger partial charge in [-0.1, -0.05) is 57.0 Å². The monoisotopic (exact) mass is 394 g/mol. The molecule has 0 saturated heterocycles. The van der Waals surface area contributed by atoms with Crippen molar-refractivity contribution in [3.05, 3.63) is 59.6 Å². The van der Waals surface area contributed by atoms with Gasteiger partial charge in [-0.05, 0) is 36.6 Å². The van der Waals surface area contributed by atoms with E-state index in [0.29, 0.717) is 0 Å². The van der Waals surface area contributed by atoms with Gasteiger partial charge in [-0.15, -0.1) is 11.3 Å². The summed E-state index contributed by atoms with van der Waals surface area (Å²) in [6, 6.07) is 16.9. The van der Waals surface area contributed by atoms with Crippen LogP contribution in [0.4, 0.5) is 11.8 Å². The van der Waals surface area contributed by atoms with Crippen LogP contribution in [0.3, 0.4) is 0 Å². The number of aromatic nitrogens is 2. The first-order valence-corrected chi connectivity index (χ1v) is 11.1. The molecule has 0 aliphatic carbocycles. The standard InChI is InChI=1S/C23H30N4S/c1-3-5-16-27(17-6-4-2)23-24-15-14-22(26-23)25-18-20-12-13-21(28-20)19-10-8-7-9-11-19/h7-15H,3-6,16-18H2,1-2H3,(H,24,25,26). The summed E-state index contributed by atoms with van der Waals surface area (Å²) in [4.78, 5) is 14.2. The SMILES string of the molecule is CCCCN(CCCC)c1nccc(NCc2ccc(-c3ccccc3)s2)n1. The summed E-state index contributed by atoms with van der Waals surface area (Å²) in [5.74, 6) is 1.72. The molecule has 1 N–H and O–H groups in total. The highest BCUT2D eigenvalue weighted by molar-refractivity contribution is 7.15. The second kappa shape index (κ2) is 10.8. The van der Waals surface area contributed by atoms with Crippen LogP contribution in [0.25, 0.3) is 10.4 Å². The first-order chi connectivity index (χ1) is 13.8. The number of anilines is 2. The molecule has 0 atom stereocenters. The van der Waals surface area contributed by atoms with Crippen molar-refractivity contribution in [2.24, 2.45) is 0 Å². The Morgan fingerprint density at radius 1 is 0.929 bits per heavy atom. The molecular formula is C23H30N4S. The third-order valence-electron chi connectivity index (χ3n) is 4.65. The molecule has 0 fully saturated rings. The van der Waals surface area contributed by atoms with Crippen molar-refractivity contribution < 1.29 is 0 Å². The highest BCUT2D eigenvalue weighted by atomic mass is 32.1. The van der Waals surface area contributed by atoms with Crippen LogP contribution in [-0.2, 0) is 6.54 Å². The molecule has 2 heterocycles. The van der Waals surface area contributed by atoms with Gasteiger partial charge in [0.05, 0.1) is 6.54 Å². The fraction of sp³-hybridized carbons (Fsp3) is 0.391. The molecule has 0 bridgehead atoms. The number of thiophene rings is 1. The molecule has 0 amide bonds. The minimum atomic E-state index is 0.776. The number of hydrogen-bond acceptors (Lipinski definition) is 5. The number of rotatable bonds is 11. The van der Waals surface area contributed by atoms with E-state index in [1.165, 1.54) is 41.0 Å². The van der Waals surface area contributed by atoms with E-state index in [9.17, 15) is 0 Å². The second-order valence-corrected chi connectivity index (χ2v) is 8.09. The van der Waals surface area contributed by atoms with Gasteiger partial charge in [0.1, 0.15) is 5.82 Å². The summed E-state index contributed by atoms with van der Waals surface area (Å²) >= 11 is 1.82. The van der Waals surface area contributed by atoms with E-state index < -0.39 is 0 Å². The van der Waals surface area contributed by atoms with Crippen molar-refractivity contribution in [2.75, 3.05) is 23.3 Å². The average molecular weight is 395 g/mol. The van der Waals surface area contributed by atoms with Crippen molar-refractivity contribution in [1.82, 2.24) is 9.97 Å². The van der Waals surface area contributed by atoms with E-state index in [1.54, 1.807) is 0 Å². The number of benzene rings is 1. The van der Waals surface area contributed by atoms with Gasteiger partial charge in [0.2, 0.25) is 5.95 Å². The van der Waals surface area contributed by atoms with Crippen LogP contribution < -0.4 is 10.2 Å². The van der Waals surface area contributed by atoms with Crippen molar-refractivity contribution in [3.8, 4) is 10.4 Å². The molecule has 3 rings (SSSR count). The van der Waals surface area contributed by atoms with Crippen LogP contribution in [0.5, 0.6) is 0 Å². The number of nitrogens with one attached hydrogen (secondary N) is 1. The van der Waals surface area contributed by atoms with E-state index in [1.807, 2.05) is 23.6 Å². The summed E-state index contributed by atoms with van der Waals surface area (Å²) in [7, 11) is 0.